The minimum absolute atomic E-state index is 0.102. The molecule has 14 heteroatoms. The highest BCUT2D eigenvalue weighted by molar-refractivity contribution is 8.02. The van der Waals surface area contributed by atoms with Crippen LogP contribution in [-0.2, 0) is 19.2 Å². The molecule has 0 radical (unpaired) electrons. The van der Waals surface area contributed by atoms with Crippen molar-refractivity contribution in [1.29, 1.82) is 0 Å². The van der Waals surface area contributed by atoms with Crippen LogP contribution in [0.4, 0.5) is 5.13 Å². The fourth-order valence-electron chi connectivity index (χ4n) is 3.28. The van der Waals surface area contributed by atoms with Gasteiger partial charge in [-0.25, -0.2) is 14.8 Å². The third-order valence-electron chi connectivity index (χ3n) is 4.74. The van der Waals surface area contributed by atoms with Gasteiger partial charge in [0.1, 0.15) is 34.9 Å². The largest absolute Gasteiger partial charge is 0.477 e. The van der Waals surface area contributed by atoms with Crippen molar-refractivity contribution < 1.29 is 24.3 Å². The van der Waals surface area contributed by atoms with Gasteiger partial charge in [0.05, 0.1) is 0 Å². The number of aliphatic carboxylic acids is 1. The molecule has 2 aliphatic rings. The van der Waals surface area contributed by atoms with Gasteiger partial charge in [0, 0.05) is 17.3 Å². The second-order valence-corrected chi connectivity index (χ2v) is 9.74. The van der Waals surface area contributed by atoms with Gasteiger partial charge >= 0.3 is 5.97 Å². The van der Waals surface area contributed by atoms with Crippen molar-refractivity contribution in [1.82, 2.24) is 20.2 Å². The Morgan fingerprint density at radius 1 is 1.44 bits per heavy atom. The topological polar surface area (TPSA) is 160 Å². The van der Waals surface area contributed by atoms with Crippen molar-refractivity contribution in [3.05, 3.63) is 58.2 Å². The molecule has 2 atom stereocenters. The fraction of sp³-hybridized carbons (Fsp3) is 0.200. The lowest BCUT2D eigenvalue weighted by Crippen LogP contribution is -2.71. The van der Waals surface area contributed by atoms with Crippen LogP contribution >= 0.6 is 34.9 Å². The monoisotopic (exact) mass is 518 g/mol. The molecule has 1 fully saturated rings. The summed E-state index contributed by atoms with van der Waals surface area (Å²) >= 11 is 3.82. The van der Waals surface area contributed by atoms with Gasteiger partial charge in [0.2, 0.25) is 0 Å². The molecule has 34 heavy (non-hydrogen) atoms. The van der Waals surface area contributed by atoms with Crippen molar-refractivity contribution in [2.24, 2.45) is 5.16 Å². The molecule has 0 aromatic carbocycles. The van der Waals surface area contributed by atoms with Crippen molar-refractivity contribution in [2.45, 2.75) is 16.4 Å². The van der Waals surface area contributed by atoms with Crippen LogP contribution in [0.1, 0.15) is 5.69 Å². The number of pyridine rings is 1. The molecule has 2 aromatic rings. The number of rotatable bonds is 8. The number of carbonyl (C=O) groups is 3. The molecule has 0 aliphatic carbocycles. The number of aromatic nitrogens is 2. The summed E-state index contributed by atoms with van der Waals surface area (Å²) in [5, 5.41) is 19.8. The van der Waals surface area contributed by atoms with Gasteiger partial charge in [0.15, 0.2) is 10.8 Å². The smallest absolute Gasteiger partial charge is 0.352 e. The highest BCUT2D eigenvalue weighted by Gasteiger charge is 2.54. The number of carboxylic acids is 1. The van der Waals surface area contributed by atoms with E-state index in [1.165, 1.54) is 35.5 Å². The Labute approximate surface area is 206 Å². The molecule has 2 aromatic heterocycles. The molecular weight excluding hydrogens is 500 g/mol. The van der Waals surface area contributed by atoms with Crippen LogP contribution in [0.15, 0.2) is 62.7 Å². The lowest BCUT2D eigenvalue weighted by molar-refractivity contribution is -0.150. The number of amides is 2. The maximum atomic E-state index is 12.9. The molecule has 4 N–H and O–H groups in total. The standard InChI is InChI=1S/C20H18N6O5S3/c1-31-25-13(11-9-34-20(21)23-11)16(27)24-14-17(28)26-15(19(29)30)10(8-33-18(14)26)5-7-32-12-4-2-3-6-22-12/h2-7,9,14,18H,8H2,1H3,(H2,21,23)(H,24,27)(H,29,30)/b7-5+,25-13+. The van der Waals surface area contributed by atoms with Crippen LogP contribution < -0.4 is 11.1 Å². The summed E-state index contributed by atoms with van der Waals surface area (Å²) in [6.07, 6.45) is 3.33. The number of carbonyl (C=O) groups excluding carboxylic acids is 2. The number of thiazole rings is 1. The van der Waals surface area contributed by atoms with E-state index in [1.54, 1.807) is 29.1 Å². The van der Waals surface area contributed by atoms with E-state index in [2.05, 4.69) is 20.4 Å². The minimum atomic E-state index is -1.22. The summed E-state index contributed by atoms with van der Waals surface area (Å²) in [7, 11) is 1.28. The van der Waals surface area contributed by atoms with Crippen LogP contribution in [0.25, 0.3) is 0 Å². The van der Waals surface area contributed by atoms with E-state index in [4.69, 9.17) is 10.6 Å². The number of nitrogens with two attached hydrogens (primary N) is 1. The van der Waals surface area contributed by atoms with E-state index < -0.39 is 29.2 Å². The summed E-state index contributed by atoms with van der Waals surface area (Å²) in [6.45, 7) is 0. The number of nitrogens with one attached hydrogen (secondary N) is 1. The first-order valence-electron chi connectivity index (χ1n) is 9.69. The summed E-state index contributed by atoms with van der Waals surface area (Å²) < 4.78 is 0. The van der Waals surface area contributed by atoms with Crippen LogP contribution in [0, 0.1) is 0 Å². The van der Waals surface area contributed by atoms with Crippen molar-refractivity contribution in [3.63, 3.8) is 0 Å². The number of hydrogen-bond donors (Lipinski definition) is 3. The van der Waals surface area contributed by atoms with Crippen LogP contribution in [-0.4, -0.2) is 67.7 Å². The minimum Gasteiger partial charge on any atom is -0.477 e. The Hall–Kier alpha value is -3.36. The molecule has 11 nitrogen and oxygen atoms in total. The SMILES string of the molecule is CO/N=C(/C(=O)NC1C(=O)N2C(C(=O)O)=C(/C=C/Sc3ccccn3)CSC12)c1csc(N)n1. The third-order valence-corrected chi connectivity index (χ3v) is 7.48. The zero-order chi connectivity index (χ0) is 24.2. The number of hydrogen-bond acceptors (Lipinski definition) is 11. The molecule has 4 rings (SSSR count). The van der Waals surface area contributed by atoms with Crippen molar-refractivity contribution in [3.8, 4) is 0 Å². The fourth-order valence-corrected chi connectivity index (χ4v) is 5.79. The second kappa shape index (κ2) is 10.3. The van der Waals surface area contributed by atoms with Gasteiger partial charge in [-0.2, -0.15) is 0 Å². The molecular formula is C20H18N6O5S3. The average Bonchev–Trinajstić information content (AvgIpc) is 3.26. The Morgan fingerprint density at radius 2 is 2.26 bits per heavy atom. The van der Waals surface area contributed by atoms with Gasteiger partial charge in [-0.3, -0.25) is 14.5 Å². The zero-order valence-corrected chi connectivity index (χ0v) is 20.0. The van der Waals surface area contributed by atoms with Gasteiger partial charge in [-0.05, 0) is 29.2 Å². The normalized spacial score (nSPS) is 20.2. The van der Waals surface area contributed by atoms with Crippen molar-refractivity contribution >= 4 is 63.5 Å². The van der Waals surface area contributed by atoms with Crippen molar-refractivity contribution in [2.75, 3.05) is 18.6 Å². The average molecular weight is 519 g/mol. The Kier molecular flexibility index (Phi) is 7.19. The second-order valence-electron chi connectivity index (χ2n) is 6.82. The lowest BCUT2D eigenvalue weighted by atomic mass is 10.0. The highest BCUT2D eigenvalue weighted by atomic mass is 32.2. The number of thioether (sulfide) groups is 2. The number of fused-ring (bicyclic) bond motifs is 1. The molecule has 2 aliphatic heterocycles. The first kappa shape index (κ1) is 23.8. The summed E-state index contributed by atoms with van der Waals surface area (Å²) in [4.78, 5) is 51.8. The van der Waals surface area contributed by atoms with Gasteiger partial charge in [-0.15, -0.1) is 23.1 Å². The number of allylic oxidation sites excluding steroid dienone is 1. The van der Waals surface area contributed by atoms with Crippen LogP contribution in [0.5, 0.6) is 0 Å². The number of anilines is 1. The van der Waals surface area contributed by atoms with E-state index in [1.807, 2.05) is 12.1 Å². The number of nitrogens with zero attached hydrogens (tertiary/aromatic N) is 4. The molecule has 0 saturated carbocycles. The number of carboxylic acid groups (broad SMARTS) is 1. The highest BCUT2D eigenvalue weighted by Crippen LogP contribution is 2.41. The predicted molar refractivity (Wildman–Crippen MR) is 129 cm³/mol. The van der Waals surface area contributed by atoms with E-state index in [0.29, 0.717) is 11.3 Å². The number of oxime groups is 1. The Balaban J connectivity index is 1.49. The van der Waals surface area contributed by atoms with Gasteiger partial charge in [0.25, 0.3) is 11.8 Å². The third kappa shape index (κ3) is 4.78. The van der Waals surface area contributed by atoms with Crippen LogP contribution in [0.3, 0.4) is 0 Å². The predicted octanol–water partition coefficient (Wildman–Crippen LogP) is 1.52. The number of nitrogen functional groups attached to an aromatic ring is 1. The molecule has 0 spiro atoms. The molecule has 2 unspecified atom stereocenters. The van der Waals surface area contributed by atoms with Crippen LogP contribution in [0.2, 0.25) is 0 Å². The van der Waals surface area contributed by atoms with E-state index in [9.17, 15) is 19.5 Å². The first-order chi connectivity index (χ1) is 16.4. The summed E-state index contributed by atoms with van der Waals surface area (Å²) in [5.41, 5.74) is 6.10. The van der Waals surface area contributed by atoms with E-state index >= 15 is 0 Å². The lowest BCUT2D eigenvalue weighted by Gasteiger charge is -2.49. The Bertz CT molecular complexity index is 1210. The summed E-state index contributed by atoms with van der Waals surface area (Å²) in [6, 6.07) is 4.57. The molecule has 176 valence electrons. The van der Waals surface area contributed by atoms with E-state index in [0.717, 1.165) is 16.4 Å². The molecule has 4 heterocycles. The molecule has 0 bridgehead atoms. The first-order valence-corrected chi connectivity index (χ1v) is 12.5. The Morgan fingerprint density at radius 3 is 2.91 bits per heavy atom. The van der Waals surface area contributed by atoms with Gasteiger partial charge in [-0.1, -0.05) is 23.0 Å². The maximum Gasteiger partial charge on any atom is 0.352 e. The molecule has 1 saturated heterocycles. The molecule has 2 amide bonds. The van der Waals surface area contributed by atoms with E-state index in [-0.39, 0.29) is 22.2 Å². The number of β-lactam (4-membered cyclic amide) rings is 1. The van der Waals surface area contributed by atoms with Gasteiger partial charge < -0.3 is 21.0 Å². The maximum absolute atomic E-state index is 12.9. The zero-order valence-electron chi connectivity index (χ0n) is 17.6. The summed E-state index contributed by atoms with van der Waals surface area (Å²) in [5.74, 6) is -2.07. The quantitative estimate of drug-likeness (QED) is 0.202.